The lowest BCUT2D eigenvalue weighted by molar-refractivity contribution is 0.0720. The first kappa shape index (κ1) is 24.0. The molecule has 0 bridgehead atoms. The average molecular weight is 399 g/mol. The van der Waals surface area contributed by atoms with E-state index >= 15 is 0 Å². The SMILES string of the molecule is CCC[C@@H](C)Oc1cccc([C@@H](C)CS(=O)(=O)CCCOCC(C)(C)C)c1. The highest BCUT2D eigenvalue weighted by molar-refractivity contribution is 7.91. The summed E-state index contributed by atoms with van der Waals surface area (Å²) in [5, 5.41) is 0. The molecule has 0 amide bonds. The van der Waals surface area contributed by atoms with Gasteiger partial charge in [-0.1, -0.05) is 53.2 Å². The maximum Gasteiger partial charge on any atom is 0.150 e. The summed E-state index contributed by atoms with van der Waals surface area (Å²) in [6.45, 7) is 13.6. The Balaban J connectivity index is 2.52. The topological polar surface area (TPSA) is 52.6 Å². The van der Waals surface area contributed by atoms with Crippen molar-refractivity contribution in [3.63, 3.8) is 0 Å². The fraction of sp³-hybridized carbons (Fsp3) is 0.727. The van der Waals surface area contributed by atoms with E-state index in [1.165, 1.54) is 0 Å². The maximum atomic E-state index is 12.4. The molecule has 0 saturated heterocycles. The van der Waals surface area contributed by atoms with Gasteiger partial charge in [0, 0.05) is 6.61 Å². The van der Waals surface area contributed by atoms with Crippen molar-refractivity contribution in [3.05, 3.63) is 29.8 Å². The molecule has 0 unspecified atom stereocenters. The zero-order valence-electron chi connectivity index (χ0n) is 18.0. The molecule has 0 heterocycles. The molecule has 4 nitrogen and oxygen atoms in total. The zero-order valence-corrected chi connectivity index (χ0v) is 18.8. The van der Waals surface area contributed by atoms with Crippen LogP contribution in [0.4, 0.5) is 0 Å². The fourth-order valence-corrected chi connectivity index (χ4v) is 4.59. The van der Waals surface area contributed by atoms with Crippen LogP contribution in [0.5, 0.6) is 5.75 Å². The summed E-state index contributed by atoms with van der Waals surface area (Å²) in [6.07, 6.45) is 2.79. The second kappa shape index (κ2) is 11.1. The quantitative estimate of drug-likeness (QED) is 0.453. The van der Waals surface area contributed by atoms with Crippen molar-refractivity contribution in [2.45, 2.75) is 72.8 Å². The van der Waals surface area contributed by atoms with E-state index in [0.717, 1.165) is 24.2 Å². The van der Waals surface area contributed by atoms with Crippen LogP contribution in [0.3, 0.4) is 0 Å². The van der Waals surface area contributed by atoms with E-state index in [2.05, 4.69) is 34.6 Å². The molecule has 0 spiro atoms. The third-order valence-corrected chi connectivity index (χ3v) is 6.16. The van der Waals surface area contributed by atoms with Crippen LogP contribution in [-0.2, 0) is 14.6 Å². The van der Waals surface area contributed by atoms with Gasteiger partial charge >= 0.3 is 0 Å². The zero-order chi connectivity index (χ0) is 20.5. The first-order valence-electron chi connectivity index (χ1n) is 10.1. The minimum Gasteiger partial charge on any atom is -0.491 e. The minimum absolute atomic E-state index is 0.0597. The van der Waals surface area contributed by atoms with Crippen molar-refractivity contribution >= 4 is 9.84 Å². The molecule has 156 valence electrons. The van der Waals surface area contributed by atoms with E-state index in [4.69, 9.17) is 9.47 Å². The molecule has 2 atom stereocenters. The Labute approximate surface area is 166 Å². The second-order valence-electron chi connectivity index (χ2n) is 8.77. The van der Waals surface area contributed by atoms with Crippen LogP contribution in [0.2, 0.25) is 0 Å². The summed E-state index contributed by atoms with van der Waals surface area (Å²) < 4.78 is 36.4. The smallest absolute Gasteiger partial charge is 0.150 e. The van der Waals surface area contributed by atoms with Gasteiger partial charge in [0.1, 0.15) is 5.75 Å². The molecule has 0 aliphatic carbocycles. The van der Waals surface area contributed by atoms with Gasteiger partial charge in [0.2, 0.25) is 0 Å². The lowest BCUT2D eigenvalue weighted by atomic mass is 9.99. The summed E-state index contributed by atoms with van der Waals surface area (Å²) in [6, 6.07) is 7.82. The van der Waals surface area contributed by atoms with Gasteiger partial charge < -0.3 is 9.47 Å². The predicted octanol–water partition coefficient (Wildman–Crippen LogP) is 5.23. The maximum absolute atomic E-state index is 12.4. The Kier molecular flexibility index (Phi) is 9.82. The highest BCUT2D eigenvalue weighted by Crippen LogP contribution is 2.24. The molecule has 0 saturated carbocycles. The lowest BCUT2D eigenvalue weighted by Gasteiger charge is -2.18. The van der Waals surface area contributed by atoms with Crippen molar-refractivity contribution in [3.8, 4) is 5.75 Å². The van der Waals surface area contributed by atoms with Crippen LogP contribution in [0.1, 0.15) is 72.3 Å². The Bertz CT molecular complexity index is 647. The largest absolute Gasteiger partial charge is 0.491 e. The van der Waals surface area contributed by atoms with Gasteiger partial charge in [0.05, 0.1) is 24.2 Å². The third kappa shape index (κ3) is 10.7. The molecular formula is C22H38O4S. The van der Waals surface area contributed by atoms with Crippen LogP contribution in [0.25, 0.3) is 0 Å². The first-order valence-corrected chi connectivity index (χ1v) is 11.9. The number of benzene rings is 1. The van der Waals surface area contributed by atoms with Crippen molar-refractivity contribution < 1.29 is 17.9 Å². The number of sulfone groups is 1. The molecule has 27 heavy (non-hydrogen) atoms. The molecule has 0 radical (unpaired) electrons. The van der Waals surface area contributed by atoms with Crippen LogP contribution >= 0.6 is 0 Å². The Hall–Kier alpha value is -1.07. The first-order chi connectivity index (χ1) is 12.5. The molecule has 1 aromatic rings. The molecule has 0 N–H and O–H groups in total. The van der Waals surface area contributed by atoms with Crippen molar-refractivity contribution in [1.29, 1.82) is 0 Å². The third-order valence-electron chi connectivity index (χ3n) is 4.24. The van der Waals surface area contributed by atoms with Gasteiger partial charge in [-0.2, -0.15) is 0 Å². The summed E-state index contributed by atoms with van der Waals surface area (Å²) in [4.78, 5) is 0. The summed E-state index contributed by atoms with van der Waals surface area (Å²) >= 11 is 0. The van der Waals surface area contributed by atoms with E-state index in [0.29, 0.717) is 19.6 Å². The second-order valence-corrected chi connectivity index (χ2v) is 11.0. The van der Waals surface area contributed by atoms with E-state index in [9.17, 15) is 8.42 Å². The molecule has 0 aliphatic heterocycles. The van der Waals surface area contributed by atoms with Gasteiger partial charge in [0.15, 0.2) is 9.84 Å². The van der Waals surface area contributed by atoms with E-state index in [1.807, 2.05) is 31.2 Å². The summed E-state index contributed by atoms with van der Waals surface area (Å²) in [7, 11) is -3.11. The standard InChI is InChI=1S/C22H38O4S/c1-7-10-19(3)26-21-12-8-11-20(15-21)18(2)16-27(23,24)14-9-13-25-17-22(4,5)6/h8,11-12,15,18-19H,7,9-10,13-14,16-17H2,1-6H3/t18-,19+/m0/s1. The van der Waals surface area contributed by atoms with E-state index in [1.54, 1.807) is 0 Å². The van der Waals surface area contributed by atoms with E-state index in [-0.39, 0.29) is 28.9 Å². The Morgan fingerprint density at radius 3 is 2.48 bits per heavy atom. The summed E-state index contributed by atoms with van der Waals surface area (Å²) in [5.41, 5.74) is 1.11. The Morgan fingerprint density at radius 2 is 1.85 bits per heavy atom. The monoisotopic (exact) mass is 398 g/mol. The normalized spacial score (nSPS) is 14.7. The van der Waals surface area contributed by atoms with Crippen LogP contribution in [-0.4, -0.2) is 39.2 Å². The molecular weight excluding hydrogens is 360 g/mol. The van der Waals surface area contributed by atoms with Gasteiger partial charge in [-0.3, -0.25) is 0 Å². The minimum atomic E-state index is -3.11. The van der Waals surface area contributed by atoms with Crippen molar-refractivity contribution in [1.82, 2.24) is 0 Å². The van der Waals surface area contributed by atoms with Gasteiger partial charge in [-0.05, 0) is 48.8 Å². The molecule has 0 aromatic heterocycles. The van der Waals surface area contributed by atoms with Crippen molar-refractivity contribution in [2.75, 3.05) is 24.7 Å². The fourth-order valence-electron chi connectivity index (χ4n) is 2.91. The molecule has 1 rings (SSSR count). The van der Waals surface area contributed by atoms with Crippen molar-refractivity contribution in [2.24, 2.45) is 5.41 Å². The predicted molar refractivity (Wildman–Crippen MR) is 113 cm³/mol. The molecule has 0 fully saturated rings. The van der Waals surface area contributed by atoms with Crippen LogP contribution in [0.15, 0.2) is 24.3 Å². The highest BCUT2D eigenvalue weighted by atomic mass is 32.2. The molecule has 5 heteroatoms. The number of ether oxygens (including phenoxy) is 2. The number of hydrogen-bond acceptors (Lipinski definition) is 4. The average Bonchev–Trinajstić information content (AvgIpc) is 2.53. The Morgan fingerprint density at radius 1 is 1.15 bits per heavy atom. The highest BCUT2D eigenvalue weighted by Gasteiger charge is 2.18. The summed E-state index contributed by atoms with van der Waals surface area (Å²) in [5.74, 6) is 1.08. The number of hydrogen-bond donors (Lipinski definition) is 0. The van der Waals surface area contributed by atoms with Gasteiger partial charge in [-0.25, -0.2) is 8.42 Å². The molecule has 1 aromatic carbocycles. The number of rotatable bonds is 12. The lowest BCUT2D eigenvalue weighted by Crippen LogP contribution is -2.19. The van der Waals surface area contributed by atoms with E-state index < -0.39 is 9.84 Å². The van der Waals surface area contributed by atoms with Crippen LogP contribution in [0, 0.1) is 5.41 Å². The van der Waals surface area contributed by atoms with Gasteiger partial charge in [-0.15, -0.1) is 0 Å². The molecule has 0 aliphatic rings. The van der Waals surface area contributed by atoms with Crippen LogP contribution < -0.4 is 4.74 Å². The van der Waals surface area contributed by atoms with Gasteiger partial charge in [0.25, 0.3) is 0 Å².